The number of rotatable bonds is 3. The van der Waals surface area contributed by atoms with Crippen LogP contribution in [-0.2, 0) is 9.59 Å². The zero-order valence-electron chi connectivity index (χ0n) is 10.6. The third-order valence-electron chi connectivity index (χ3n) is 2.73. The summed E-state index contributed by atoms with van der Waals surface area (Å²) < 4.78 is 0. The van der Waals surface area contributed by atoms with Crippen LogP contribution in [0.2, 0.25) is 0 Å². The Morgan fingerprint density at radius 3 is 3.05 bits per heavy atom. The van der Waals surface area contributed by atoms with E-state index < -0.39 is 11.9 Å². The van der Waals surface area contributed by atoms with Crippen LogP contribution in [0, 0.1) is 6.92 Å². The van der Waals surface area contributed by atoms with Crippen molar-refractivity contribution < 1.29 is 9.59 Å². The van der Waals surface area contributed by atoms with Crippen LogP contribution in [0.15, 0.2) is 29.4 Å². The summed E-state index contributed by atoms with van der Waals surface area (Å²) in [5, 5.41) is 9.29. The van der Waals surface area contributed by atoms with Crippen molar-refractivity contribution in [1.29, 1.82) is 0 Å². The first-order chi connectivity index (χ1) is 9.16. The second-order valence-corrected chi connectivity index (χ2v) is 4.33. The monoisotopic (exact) mass is 260 g/mol. The maximum atomic E-state index is 11.7. The number of amides is 2. The summed E-state index contributed by atoms with van der Waals surface area (Å²) in [5.41, 5.74) is 4.36. The number of hydrogen-bond acceptors (Lipinski definition) is 4. The number of carbonyl (C=O) groups is 2. The van der Waals surface area contributed by atoms with E-state index in [4.69, 9.17) is 0 Å². The molecular formula is C13H16N4O2. The third kappa shape index (κ3) is 3.62. The highest BCUT2D eigenvalue weighted by Gasteiger charge is 2.28. The molecule has 1 aliphatic heterocycles. The van der Waals surface area contributed by atoms with E-state index >= 15 is 0 Å². The topological polar surface area (TPSA) is 82.6 Å². The van der Waals surface area contributed by atoms with E-state index in [1.807, 2.05) is 31.2 Å². The molecule has 1 saturated heterocycles. The van der Waals surface area contributed by atoms with Gasteiger partial charge in [0.2, 0.25) is 5.91 Å². The fourth-order valence-electron chi connectivity index (χ4n) is 1.79. The van der Waals surface area contributed by atoms with Crippen molar-refractivity contribution in [2.24, 2.45) is 5.10 Å². The third-order valence-corrected chi connectivity index (χ3v) is 2.73. The Labute approximate surface area is 111 Å². The molecule has 0 aliphatic carbocycles. The molecule has 3 N–H and O–H groups in total. The fourth-order valence-corrected chi connectivity index (χ4v) is 1.79. The number of aryl methyl sites for hydroxylation is 1. The molecule has 1 unspecified atom stereocenters. The number of hydrazone groups is 1. The second-order valence-electron chi connectivity index (χ2n) is 4.33. The molecule has 1 atom stereocenters. The molecule has 0 aromatic heterocycles. The summed E-state index contributed by atoms with van der Waals surface area (Å²) in [6.07, 6.45) is 1.55. The summed E-state index contributed by atoms with van der Waals surface area (Å²) in [4.78, 5) is 23.1. The van der Waals surface area contributed by atoms with Gasteiger partial charge in [0.1, 0.15) is 0 Å². The number of nitrogens with one attached hydrogen (secondary N) is 3. The molecule has 0 saturated carbocycles. The van der Waals surface area contributed by atoms with Crippen molar-refractivity contribution in [1.82, 2.24) is 16.1 Å². The van der Waals surface area contributed by atoms with Gasteiger partial charge in [-0.05, 0) is 12.5 Å². The van der Waals surface area contributed by atoms with Crippen molar-refractivity contribution in [2.75, 3.05) is 13.1 Å². The molecule has 0 radical (unpaired) electrons. The molecular weight excluding hydrogens is 244 g/mol. The molecule has 100 valence electrons. The zero-order chi connectivity index (χ0) is 13.7. The summed E-state index contributed by atoms with van der Waals surface area (Å²) in [6.45, 7) is 3.09. The highest BCUT2D eigenvalue weighted by Crippen LogP contribution is 2.00. The van der Waals surface area contributed by atoms with Gasteiger partial charge in [0, 0.05) is 13.1 Å². The van der Waals surface area contributed by atoms with Crippen molar-refractivity contribution in [3.63, 3.8) is 0 Å². The number of hydrogen-bond donors (Lipinski definition) is 3. The maximum absolute atomic E-state index is 11.7. The van der Waals surface area contributed by atoms with Crippen LogP contribution in [0.1, 0.15) is 11.1 Å². The van der Waals surface area contributed by atoms with Gasteiger partial charge < -0.3 is 5.32 Å². The van der Waals surface area contributed by atoms with Gasteiger partial charge in [-0.1, -0.05) is 29.8 Å². The lowest BCUT2D eigenvalue weighted by molar-refractivity contribution is -0.133. The predicted molar refractivity (Wildman–Crippen MR) is 71.7 cm³/mol. The molecule has 6 nitrogen and oxygen atoms in total. The van der Waals surface area contributed by atoms with E-state index in [0.29, 0.717) is 13.1 Å². The van der Waals surface area contributed by atoms with Crippen molar-refractivity contribution >= 4 is 18.0 Å². The average molecular weight is 260 g/mol. The smallest absolute Gasteiger partial charge is 0.266 e. The minimum Gasteiger partial charge on any atom is -0.353 e. The second kappa shape index (κ2) is 6.10. The molecule has 2 amide bonds. The van der Waals surface area contributed by atoms with E-state index in [1.165, 1.54) is 0 Å². The fraction of sp³-hybridized carbons (Fsp3) is 0.308. The lowest BCUT2D eigenvalue weighted by atomic mass is 10.2. The van der Waals surface area contributed by atoms with E-state index in [9.17, 15) is 9.59 Å². The lowest BCUT2D eigenvalue weighted by Crippen LogP contribution is -2.58. The van der Waals surface area contributed by atoms with Gasteiger partial charge in [0.15, 0.2) is 6.04 Å². The molecule has 1 aromatic rings. The molecule has 1 heterocycles. The minimum absolute atomic E-state index is 0.325. The Kier molecular flexibility index (Phi) is 4.25. The van der Waals surface area contributed by atoms with Crippen LogP contribution in [0.4, 0.5) is 0 Å². The molecule has 0 bridgehead atoms. The van der Waals surface area contributed by atoms with Gasteiger partial charge in [-0.25, -0.2) is 5.43 Å². The molecule has 0 spiro atoms. The first kappa shape index (κ1) is 13.2. The molecule has 19 heavy (non-hydrogen) atoms. The van der Waals surface area contributed by atoms with Crippen molar-refractivity contribution in [3.8, 4) is 0 Å². The van der Waals surface area contributed by atoms with Gasteiger partial charge in [-0.2, -0.15) is 5.10 Å². The number of benzene rings is 1. The van der Waals surface area contributed by atoms with Gasteiger partial charge in [-0.15, -0.1) is 0 Å². The Hall–Kier alpha value is -2.21. The van der Waals surface area contributed by atoms with Gasteiger partial charge in [0.25, 0.3) is 5.91 Å². The van der Waals surface area contributed by atoms with Crippen LogP contribution in [0.3, 0.4) is 0 Å². The Morgan fingerprint density at radius 2 is 2.32 bits per heavy atom. The van der Waals surface area contributed by atoms with Crippen LogP contribution >= 0.6 is 0 Å². The van der Waals surface area contributed by atoms with Gasteiger partial charge in [0.05, 0.1) is 6.21 Å². The molecule has 6 heteroatoms. The van der Waals surface area contributed by atoms with Crippen LogP contribution in [-0.4, -0.2) is 37.2 Å². The highest BCUT2D eigenvalue weighted by atomic mass is 16.2. The van der Waals surface area contributed by atoms with E-state index in [2.05, 4.69) is 21.2 Å². The SMILES string of the molecule is Cc1cccc(/C=N/NC(=O)C2NCCNC2=O)c1. The van der Waals surface area contributed by atoms with E-state index in [1.54, 1.807) is 6.21 Å². The first-order valence-electron chi connectivity index (χ1n) is 6.07. The minimum atomic E-state index is -0.872. The highest BCUT2D eigenvalue weighted by molar-refractivity contribution is 6.04. The molecule has 1 aliphatic rings. The summed E-state index contributed by atoms with van der Waals surface area (Å²) >= 11 is 0. The normalized spacial score (nSPS) is 19.2. The summed E-state index contributed by atoms with van der Waals surface area (Å²) in [7, 11) is 0. The van der Waals surface area contributed by atoms with Gasteiger partial charge >= 0.3 is 0 Å². The van der Waals surface area contributed by atoms with Crippen molar-refractivity contribution in [3.05, 3.63) is 35.4 Å². The number of carbonyl (C=O) groups excluding carboxylic acids is 2. The van der Waals surface area contributed by atoms with Crippen LogP contribution < -0.4 is 16.1 Å². The van der Waals surface area contributed by atoms with Crippen LogP contribution in [0.5, 0.6) is 0 Å². The average Bonchev–Trinajstić information content (AvgIpc) is 2.39. The summed E-state index contributed by atoms with van der Waals surface area (Å²) in [6, 6.07) is 6.85. The molecule has 2 rings (SSSR count). The number of nitrogens with zero attached hydrogens (tertiary/aromatic N) is 1. The van der Waals surface area contributed by atoms with E-state index in [-0.39, 0.29) is 5.91 Å². The number of piperazine rings is 1. The Bertz CT molecular complexity index is 513. The Balaban J connectivity index is 1.91. The predicted octanol–water partition coefficient (Wildman–Crippen LogP) is -0.467. The largest absolute Gasteiger partial charge is 0.353 e. The van der Waals surface area contributed by atoms with E-state index in [0.717, 1.165) is 11.1 Å². The van der Waals surface area contributed by atoms with Gasteiger partial charge in [-0.3, -0.25) is 14.9 Å². The van der Waals surface area contributed by atoms with Crippen molar-refractivity contribution in [2.45, 2.75) is 13.0 Å². The molecule has 1 fully saturated rings. The quantitative estimate of drug-likeness (QED) is 0.390. The maximum Gasteiger partial charge on any atom is 0.266 e. The first-order valence-corrected chi connectivity index (χ1v) is 6.07. The standard InChI is InChI=1S/C13H16N4O2/c1-9-3-2-4-10(7-9)8-16-17-13(19)11-12(18)15-6-5-14-11/h2-4,7-8,11,14H,5-6H2,1H3,(H,15,18)(H,17,19)/b16-8+. The lowest BCUT2D eigenvalue weighted by Gasteiger charge is -2.21. The summed E-state index contributed by atoms with van der Waals surface area (Å²) in [5.74, 6) is -0.782. The zero-order valence-corrected chi connectivity index (χ0v) is 10.6. The molecule has 1 aromatic carbocycles. The van der Waals surface area contributed by atoms with Crippen LogP contribution in [0.25, 0.3) is 0 Å². The Morgan fingerprint density at radius 1 is 1.47 bits per heavy atom.